The van der Waals surface area contributed by atoms with E-state index in [-0.39, 0.29) is 18.2 Å². The van der Waals surface area contributed by atoms with E-state index < -0.39 is 5.97 Å². The number of aliphatic carboxylic acids is 1. The van der Waals surface area contributed by atoms with Crippen LogP contribution in [0.1, 0.15) is 47.8 Å². The molecule has 20 heavy (non-hydrogen) atoms. The molecule has 6 nitrogen and oxygen atoms in total. The minimum absolute atomic E-state index is 0.136. The van der Waals surface area contributed by atoms with Crippen LogP contribution in [0.3, 0.4) is 0 Å². The number of rotatable bonds is 4. The van der Waals surface area contributed by atoms with Crippen LogP contribution in [-0.2, 0) is 4.79 Å². The lowest BCUT2D eigenvalue weighted by Crippen LogP contribution is -2.40. The summed E-state index contributed by atoms with van der Waals surface area (Å²) in [5, 5.41) is 8.73. The summed E-state index contributed by atoms with van der Waals surface area (Å²) in [7, 11) is 0. The first kappa shape index (κ1) is 14.6. The third kappa shape index (κ3) is 3.37. The Kier molecular flexibility index (Phi) is 4.42. The Bertz CT molecular complexity index is 509. The van der Waals surface area contributed by atoms with Gasteiger partial charge in [0.1, 0.15) is 0 Å². The van der Waals surface area contributed by atoms with E-state index in [9.17, 15) is 9.59 Å². The second-order valence-electron chi connectivity index (χ2n) is 5.34. The lowest BCUT2D eigenvalue weighted by molar-refractivity contribution is -0.137. The van der Waals surface area contributed by atoms with Gasteiger partial charge in [0.05, 0.1) is 5.69 Å². The summed E-state index contributed by atoms with van der Waals surface area (Å²) in [6.45, 7) is 4.78. The Hall–Kier alpha value is -1.85. The molecule has 1 amide bonds. The van der Waals surface area contributed by atoms with Crippen LogP contribution >= 0.6 is 0 Å². The number of carbonyl (C=O) groups is 2. The van der Waals surface area contributed by atoms with Crippen LogP contribution in [0.25, 0.3) is 0 Å². The van der Waals surface area contributed by atoms with Crippen molar-refractivity contribution in [2.75, 3.05) is 13.1 Å². The molecule has 1 atom stereocenters. The van der Waals surface area contributed by atoms with Crippen molar-refractivity contribution in [2.24, 2.45) is 5.92 Å². The molecule has 1 saturated heterocycles. The number of aromatic nitrogens is 1. The summed E-state index contributed by atoms with van der Waals surface area (Å²) in [5.74, 6) is 0.137. The van der Waals surface area contributed by atoms with E-state index in [1.165, 1.54) is 0 Å². The van der Waals surface area contributed by atoms with Crippen molar-refractivity contribution in [3.05, 3.63) is 17.3 Å². The highest BCUT2D eigenvalue weighted by Crippen LogP contribution is 2.23. The monoisotopic (exact) mass is 280 g/mol. The van der Waals surface area contributed by atoms with Crippen LogP contribution in [0.2, 0.25) is 0 Å². The first-order valence-electron chi connectivity index (χ1n) is 6.92. The van der Waals surface area contributed by atoms with E-state index in [2.05, 4.69) is 4.98 Å². The third-order valence-corrected chi connectivity index (χ3v) is 3.67. The zero-order valence-electron chi connectivity index (χ0n) is 11.9. The number of hydrogen-bond donors (Lipinski definition) is 1. The highest BCUT2D eigenvalue weighted by molar-refractivity contribution is 5.92. The van der Waals surface area contributed by atoms with Crippen LogP contribution in [-0.4, -0.2) is 40.0 Å². The zero-order chi connectivity index (χ0) is 14.7. The fourth-order valence-electron chi connectivity index (χ4n) is 2.69. The number of carboxylic acid groups (broad SMARTS) is 1. The van der Waals surface area contributed by atoms with Crippen LogP contribution in [0.5, 0.6) is 0 Å². The van der Waals surface area contributed by atoms with Crippen LogP contribution in [0, 0.1) is 19.8 Å². The van der Waals surface area contributed by atoms with E-state index in [1.807, 2.05) is 0 Å². The fraction of sp³-hybridized carbons (Fsp3) is 0.643. The zero-order valence-corrected chi connectivity index (χ0v) is 11.9. The number of carboxylic acids is 1. The fourth-order valence-corrected chi connectivity index (χ4v) is 2.69. The SMILES string of the molecule is Cc1nc(C)c(C(=O)N2CCC[C@H](CCC(=O)O)C2)o1. The topological polar surface area (TPSA) is 83.6 Å². The molecule has 1 aromatic heterocycles. The first-order valence-corrected chi connectivity index (χ1v) is 6.92. The van der Waals surface area contributed by atoms with Gasteiger partial charge in [-0.2, -0.15) is 0 Å². The number of hydrogen-bond acceptors (Lipinski definition) is 4. The molecule has 1 N–H and O–H groups in total. The molecule has 0 bridgehead atoms. The Morgan fingerprint density at radius 3 is 2.80 bits per heavy atom. The molecule has 2 heterocycles. The van der Waals surface area contributed by atoms with Gasteiger partial charge in [0.15, 0.2) is 5.89 Å². The summed E-state index contributed by atoms with van der Waals surface area (Å²) in [4.78, 5) is 28.9. The maximum atomic E-state index is 12.4. The van der Waals surface area contributed by atoms with Crippen LogP contribution in [0.15, 0.2) is 4.42 Å². The van der Waals surface area contributed by atoms with Crippen molar-refractivity contribution in [3.63, 3.8) is 0 Å². The van der Waals surface area contributed by atoms with Crippen molar-refractivity contribution >= 4 is 11.9 Å². The maximum Gasteiger partial charge on any atom is 0.303 e. The Labute approximate surface area is 117 Å². The molecule has 1 fully saturated rings. The van der Waals surface area contributed by atoms with Gasteiger partial charge < -0.3 is 14.4 Å². The summed E-state index contributed by atoms with van der Waals surface area (Å²) < 4.78 is 5.37. The van der Waals surface area contributed by atoms with Gasteiger partial charge in [-0.05, 0) is 32.1 Å². The van der Waals surface area contributed by atoms with E-state index >= 15 is 0 Å². The summed E-state index contributed by atoms with van der Waals surface area (Å²) in [6, 6.07) is 0. The summed E-state index contributed by atoms with van der Waals surface area (Å²) in [5.41, 5.74) is 0.611. The molecule has 6 heteroatoms. The number of oxazole rings is 1. The Balaban J connectivity index is 1.99. The Morgan fingerprint density at radius 2 is 2.20 bits per heavy atom. The average molecular weight is 280 g/mol. The number of piperidine rings is 1. The smallest absolute Gasteiger partial charge is 0.303 e. The quantitative estimate of drug-likeness (QED) is 0.912. The van der Waals surface area contributed by atoms with Gasteiger partial charge in [0, 0.05) is 26.4 Å². The van der Waals surface area contributed by atoms with Crippen molar-refractivity contribution in [3.8, 4) is 0 Å². The maximum absolute atomic E-state index is 12.4. The van der Waals surface area contributed by atoms with E-state index in [1.54, 1.807) is 18.7 Å². The second kappa shape index (κ2) is 6.07. The van der Waals surface area contributed by atoms with Crippen molar-refractivity contribution in [1.82, 2.24) is 9.88 Å². The molecule has 0 radical (unpaired) electrons. The van der Waals surface area contributed by atoms with Gasteiger partial charge in [-0.25, -0.2) is 4.98 Å². The third-order valence-electron chi connectivity index (χ3n) is 3.67. The van der Waals surface area contributed by atoms with E-state index in [4.69, 9.17) is 9.52 Å². The molecule has 0 aromatic carbocycles. The molecule has 0 aliphatic carbocycles. The van der Waals surface area contributed by atoms with Crippen molar-refractivity contribution < 1.29 is 19.1 Å². The molecule has 1 aliphatic rings. The van der Waals surface area contributed by atoms with Gasteiger partial charge in [0.2, 0.25) is 5.76 Å². The summed E-state index contributed by atoms with van der Waals surface area (Å²) in [6.07, 6.45) is 2.66. The van der Waals surface area contributed by atoms with Crippen LogP contribution in [0.4, 0.5) is 0 Å². The minimum Gasteiger partial charge on any atom is -0.481 e. The molecular weight excluding hydrogens is 260 g/mol. The number of nitrogens with zero attached hydrogens (tertiary/aromatic N) is 2. The lowest BCUT2D eigenvalue weighted by Gasteiger charge is -2.32. The molecular formula is C14H20N2O4. The minimum atomic E-state index is -0.782. The van der Waals surface area contributed by atoms with Crippen molar-refractivity contribution in [1.29, 1.82) is 0 Å². The van der Waals surface area contributed by atoms with Crippen LogP contribution < -0.4 is 0 Å². The van der Waals surface area contributed by atoms with Gasteiger partial charge in [-0.3, -0.25) is 9.59 Å². The second-order valence-corrected chi connectivity index (χ2v) is 5.34. The first-order chi connectivity index (χ1) is 9.47. The summed E-state index contributed by atoms with van der Waals surface area (Å²) >= 11 is 0. The molecule has 0 unspecified atom stereocenters. The van der Waals surface area contributed by atoms with Gasteiger partial charge in [0.25, 0.3) is 5.91 Å². The predicted molar refractivity (Wildman–Crippen MR) is 71.5 cm³/mol. The molecule has 1 aromatic rings. The van der Waals surface area contributed by atoms with Gasteiger partial charge in [-0.1, -0.05) is 0 Å². The molecule has 0 saturated carbocycles. The highest BCUT2D eigenvalue weighted by Gasteiger charge is 2.28. The number of aryl methyl sites for hydroxylation is 2. The highest BCUT2D eigenvalue weighted by atomic mass is 16.4. The number of likely N-dealkylation sites (tertiary alicyclic amines) is 1. The van der Waals surface area contributed by atoms with Gasteiger partial charge in [-0.15, -0.1) is 0 Å². The Morgan fingerprint density at radius 1 is 1.45 bits per heavy atom. The molecule has 0 spiro atoms. The largest absolute Gasteiger partial charge is 0.481 e. The molecule has 1 aliphatic heterocycles. The van der Waals surface area contributed by atoms with Crippen molar-refractivity contribution in [2.45, 2.75) is 39.5 Å². The molecule has 110 valence electrons. The average Bonchev–Trinajstić information content (AvgIpc) is 2.75. The van der Waals surface area contributed by atoms with Gasteiger partial charge >= 0.3 is 5.97 Å². The standard InChI is InChI=1S/C14H20N2O4/c1-9-13(20-10(2)15-9)14(19)16-7-3-4-11(8-16)5-6-12(17)18/h11H,3-8H2,1-2H3,(H,17,18)/t11-/m1/s1. The molecule has 2 rings (SSSR count). The number of carbonyl (C=O) groups excluding carboxylic acids is 1. The normalized spacial score (nSPS) is 19.1. The number of amides is 1. The van der Waals surface area contributed by atoms with E-state index in [0.717, 1.165) is 12.8 Å². The van der Waals surface area contributed by atoms with E-state index in [0.29, 0.717) is 36.9 Å². The predicted octanol–water partition coefficient (Wildman–Crippen LogP) is 2.01. The lowest BCUT2D eigenvalue weighted by atomic mass is 9.93.